The van der Waals surface area contributed by atoms with E-state index in [-0.39, 0.29) is 0 Å². The molecular formula is C31H51N3. The molecule has 2 unspecified atom stereocenters. The summed E-state index contributed by atoms with van der Waals surface area (Å²) >= 11 is 0. The Hall–Kier alpha value is -2.00. The first kappa shape index (κ1) is 28.2. The number of anilines is 2. The van der Waals surface area contributed by atoms with Crippen LogP contribution < -0.4 is 10.6 Å². The Bertz CT molecular complexity index is 772. The zero-order chi connectivity index (χ0) is 25.6. The summed E-state index contributed by atoms with van der Waals surface area (Å²) in [6.45, 7) is 24.9. The van der Waals surface area contributed by atoms with Gasteiger partial charge in [-0.2, -0.15) is 0 Å². The van der Waals surface area contributed by atoms with Gasteiger partial charge in [0, 0.05) is 36.5 Å². The van der Waals surface area contributed by atoms with Gasteiger partial charge in [-0.05, 0) is 66.8 Å². The van der Waals surface area contributed by atoms with Crippen molar-refractivity contribution >= 4 is 11.4 Å². The lowest BCUT2D eigenvalue weighted by atomic mass is 9.92. The summed E-state index contributed by atoms with van der Waals surface area (Å²) in [4.78, 5) is 2.45. The second-order valence-corrected chi connectivity index (χ2v) is 11.6. The van der Waals surface area contributed by atoms with E-state index in [4.69, 9.17) is 0 Å². The van der Waals surface area contributed by atoms with Crippen molar-refractivity contribution in [1.82, 2.24) is 4.90 Å². The van der Waals surface area contributed by atoms with Crippen LogP contribution >= 0.6 is 0 Å². The molecule has 0 spiro atoms. The third kappa shape index (κ3) is 7.50. The van der Waals surface area contributed by atoms with Gasteiger partial charge in [-0.15, -0.1) is 0 Å². The number of hydrogen-bond acceptors (Lipinski definition) is 3. The minimum absolute atomic E-state index is 0.365. The summed E-state index contributed by atoms with van der Waals surface area (Å²) in [7, 11) is 2.24. The van der Waals surface area contributed by atoms with Gasteiger partial charge in [0.2, 0.25) is 0 Å². The van der Waals surface area contributed by atoms with Crippen LogP contribution in [-0.4, -0.2) is 37.1 Å². The van der Waals surface area contributed by atoms with Crippen molar-refractivity contribution in [2.75, 3.05) is 30.8 Å². The maximum Gasteiger partial charge on any atom is 0.0413 e. The fourth-order valence-electron chi connectivity index (χ4n) is 5.03. The standard InChI is InChI=1S/C31H51N3/c1-20(2)26-14-12-15-27(21(3)4)30(26)32-24(9)18-34(11)19-25(10)33-31-28(22(5)6)16-13-17-29(31)23(7)8/h12-17,20-25,32-33H,18-19H2,1-11H3. The summed E-state index contributed by atoms with van der Waals surface area (Å²) in [5, 5.41) is 7.76. The Morgan fingerprint density at radius 2 is 0.794 bits per heavy atom. The monoisotopic (exact) mass is 465 g/mol. The molecule has 2 N–H and O–H groups in total. The van der Waals surface area contributed by atoms with Crippen LogP contribution in [0.2, 0.25) is 0 Å². The van der Waals surface area contributed by atoms with Gasteiger partial charge in [0.15, 0.2) is 0 Å². The molecular weight excluding hydrogens is 414 g/mol. The fraction of sp³-hybridized carbons (Fsp3) is 0.613. The van der Waals surface area contributed by atoms with Crippen molar-refractivity contribution in [3.05, 3.63) is 58.7 Å². The second-order valence-electron chi connectivity index (χ2n) is 11.6. The first-order valence-corrected chi connectivity index (χ1v) is 13.4. The van der Waals surface area contributed by atoms with Crippen LogP contribution in [0, 0.1) is 0 Å². The van der Waals surface area contributed by atoms with Gasteiger partial charge in [0.1, 0.15) is 0 Å². The van der Waals surface area contributed by atoms with Gasteiger partial charge in [0.25, 0.3) is 0 Å². The van der Waals surface area contributed by atoms with E-state index in [9.17, 15) is 0 Å². The van der Waals surface area contributed by atoms with Crippen LogP contribution in [0.4, 0.5) is 11.4 Å². The molecule has 2 rings (SSSR count). The van der Waals surface area contributed by atoms with Gasteiger partial charge >= 0.3 is 0 Å². The first-order chi connectivity index (χ1) is 15.9. The summed E-state index contributed by atoms with van der Waals surface area (Å²) < 4.78 is 0. The molecule has 34 heavy (non-hydrogen) atoms. The summed E-state index contributed by atoms with van der Waals surface area (Å²) in [6, 6.07) is 14.3. The molecule has 0 heterocycles. The maximum atomic E-state index is 3.88. The Balaban J connectivity index is 2.09. The lowest BCUT2D eigenvalue weighted by molar-refractivity contribution is 0.314. The zero-order valence-corrected chi connectivity index (χ0v) is 23.8. The number of nitrogens with zero attached hydrogens (tertiary/aromatic N) is 1. The van der Waals surface area contributed by atoms with Crippen molar-refractivity contribution in [2.24, 2.45) is 0 Å². The lowest BCUT2D eigenvalue weighted by Gasteiger charge is -2.30. The predicted octanol–water partition coefficient (Wildman–Crippen LogP) is 8.41. The van der Waals surface area contributed by atoms with E-state index in [1.165, 1.54) is 33.6 Å². The number of para-hydroxylation sites is 2. The summed E-state index contributed by atoms with van der Waals surface area (Å²) in [5.41, 5.74) is 8.35. The Morgan fingerprint density at radius 1 is 0.529 bits per heavy atom. The topological polar surface area (TPSA) is 27.3 Å². The molecule has 0 bridgehead atoms. The zero-order valence-electron chi connectivity index (χ0n) is 23.8. The highest BCUT2D eigenvalue weighted by Crippen LogP contribution is 2.34. The summed E-state index contributed by atoms with van der Waals surface area (Å²) in [5.74, 6) is 2.02. The molecule has 2 atom stereocenters. The molecule has 0 fully saturated rings. The minimum Gasteiger partial charge on any atom is -0.381 e. The number of rotatable bonds is 12. The Labute approximate surface area is 210 Å². The lowest BCUT2D eigenvalue weighted by Crippen LogP contribution is -2.39. The van der Waals surface area contributed by atoms with Crippen LogP contribution in [0.3, 0.4) is 0 Å². The van der Waals surface area contributed by atoms with E-state index in [0.29, 0.717) is 35.8 Å². The molecule has 2 aromatic rings. The molecule has 190 valence electrons. The third-order valence-corrected chi connectivity index (χ3v) is 6.70. The van der Waals surface area contributed by atoms with E-state index in [1.807, 2.05) is 0 Å². The SMILES string of the molecule is CC(CN(C)CC(C)Nc1c(C(C)C)cccc1C(C)C)Nc1c(C(C)C)cccc1C(C)C. The van der Waals surface area contributed by atoms with Crippen LogP contribution in [0.15, 0.2) is 36.4 Å². The molecule has 0 aromatic heterocycles. The fourth-order valence-corrected chi connectivity index (χ4v) is 5.03. The van der Waals surface area contributed by atoms with E-state index < -0.39 is 0 Å². The van der Waals surface area contributed by atoms with Gasteiger partial charge in [-0.3, -0.25) is 0 Å². The van der Waals surface area contributed by atoms with Gasteiger partial charge in [-0.25, -0.2) is 0 Å². The average molecular weight is 466 g/mol. The Kier molecular flexibility index (Phi) is 10.5. The highest BCUT2D eigenvalue weighted by Gasteiger charge is 2.19. The van der Waals surface area contributed by atoms with Crippen molar-refractivity contribution in [2.45, 2.75) is 105 Å². The largest absolute Gasteiger partial charge is 0.381 e. The minimum atomic E-state index is 0.365. The molecule has 3 heteroatoms. The highest BCUT2D eigenvalue weighted by molar-refractivity contribution is 5.61. The van der Waals surface area contributed by atoms with Crippen LogP contribution in [0.1, 0.15) is 115 Å². The van der Waals surface area contributed by atoms with E-state index in [2.05, 4.69) is 128 Å². The number of benzene rings is 2. The molecule has 3 nitrogen and oxygen atoms in total. The maximum absolute atomic E-state index is 3.88. The van der Waals surface area contributed by atoms with Crippen molar-refractivity contribution < 1.29 is 0 Å². The highest BCUT2D eigenvalue weighted by atomic mass is 15.1. The first-order valence-electron chi connectivity index (χ1n) is 13.4. The van der Waals surface area contributed by atoms with Crippen LogP contribution in [-0.2, 0) is 0 Å². The summed E-state index contributed by atoms with van der Waals surface area (Å²) in [6.07, 6.45) is 0. The van der Waals surface area contributed by atoms with Gasteiger partial charge in [-0.1, -0.05) is 91.8 Å². The van der Waals surface area contributed by atoms with Crippen molar-refractivity contribution in [1.29, 1.82) is 0 Å². The number of hydrogen-bond donors (Lipinski definition) is 2. The molecule has 0 saturated heterocycles. The molecule has 2 aromatic carbocycles. The molecule has 0 aliphatic carbocycles. The number of likely N-dealkylation sites (N-methyl/N-ethyl adjacent to an activating group) is 1. The molecule has 0 aliphatic rings. The average Bonchev–Trinajstić information content (AvgIpc) is 2.72. The van der Waals surface area contributed by atoms with Crippen LogP contribution in [0.5, 0.6) is 0 Å². The Morgan fingerprint density at radius 3 is 1.03 bits per heavy atom. The van der Waals surface area contributed by atoms with E-state index >= 15 is 0 Å². The third-order valence-electron chi connectivity index (χ3n) is 6.70. The van der Waals surface area contributed by atoms with E-state index in [1.54, 1.807) is 0 Å². The quantitative estimate of drug-likeness (QED) is 0.329. The van der Waals surface area contributed by atoms with Crippen LogP contribution in [0.25, 0.3) is 0 Å². The molecule has 0 saturated carbocycles. The van der Waals surface area contributed by atoms with Gasteiger partial charge < -0.3 is 15.5 Å². The normalized spacial score (nSPS) is 13.9. The van der Waals surface area contributed by atoms with Crippen molar-refractivity contribution in [3.8, 4) is 0 Å². The van der Waals surface area contributed by atoms with Gasteiger partial charge in [0.05, 0.1) is 0 Å². The van der Waals surface area contributed by atoms with E-state index in [0.717, 1.165) is 13.1 Å². The molecule has 0 radical (unpaired) electrons. The smallest absolute Gasteiger partial charge is 0.0413 e. The molecule has 0 amide bonds. The number of nitrogens with one attached hydrogen (secondary N) is 2. The molecule has 0 aliphatic heterocycles. The second kappa shape index (κ2) is 12.6. The predicted molar refractivity (Wildman–Crippen MR) is 153 cm³/mol. The van der Waals surface area contributed by atoms with Crippen molar-refractivity contribution in [3.63, 3.8) is 0 Å².